The Balaban J connectivity index is 1.75. The molecule has 0 unspecified atom stereocenters. The van der Waals surface area contributed by atoms with Crippen molar-refractivity contribution < 1.29 is 13.2 Å². The number of piperazine rings is 1. The van der Waals surface area contributed by atoms with Gasteiger partial charge in [-0.15, -0.1) is 0 Å². The number of sulfonamides is 1. The first-order valence-corrected chi connectivity index (χ1v) is 10.0. The SMILES string of the molecule is Cc1cc(C)c(S(=O)(=O)N2CCN(C(=O)c3ccccn3)CC2)cc1C. The summed E-state index contributed by atoms with van der Waals surface area (Å²) in [5.41, 5.74) is 3.17. The third-order valence-corrected chi connectivity index (χ3v) is 6.86. The minimum atomic E-state index is -3.57. The summed E-state index contributed by atoms with van der Waals surface area (Å²) in [7, 11) is -3.57. The van der Waals surface area contributed by atoms with E-state index in [1.54, 1.807) is 35.4 Å². The predicted octanol–water partition coefficient (Wildman–Crippen LogP) is 2.15. The highest BCUT2D eigenvalue weighted by atomic mass is 32.2. The Morgan fingerprint density at radius 2 is 1.62 bits per heavy atom. The van der Waals surface area contributed by atoms with Gasteiger partial charge >= 0.3 is 0 Å². The van der Waals surface area contributed by atoms with Gasteiger partial charge in [-0.2, -0.15) is 4.31 Å². The van der Waals surface area contributed by atoms with Crippen molar-refractivity contribution in [3.05, 3.63) is 58.9 Å². The van der Waals surface area contributed by atoms with Crippen LogP contribution in [0.1, 0.15) is 27.2 Å². The normalized spacial score (nSPS) is 15.9. The molecular formula is C19H23N3O3S. The van der Waals surface area contributed by atoms with Gasteiger partial charge in [-0.05, 0) is 55.7 Å². The molecule has 1 aromatic carbocycles. The van der Waals surface area contributed by atoms with E-state index < -0.39 is 10.0 Å². The fourth-order valence-corrected chi connectivity index (χ4v) is 4.85. The van der Waals surface area contributed by atoms with Gasteiger partial charge in [-0.25, -0.2) is 8.42 Å². The molecule has 1 fully saturated rings. The van der Waals surface area contributed by atoms with Crippen LogP contribution in [0.5, 0.6) is 0 Å². The summed E-state index contributed by atoms with van der Waals surface area (Å²) >= 11 is 0. The van der Waals surface area contributed by atoms with Gasteiger partial charge in [0.25, 0.3) is 5.91 Å². The van der Waals surface area contributed by atoms with E-state index >= 15 is 0 Å². The van der Waals surface area contributed by atoms with E-state index in [2.05, 4.69) is 4.98 Å². The molecule has 7 heteroatoms. The van der Waals surface area contributed by atoms with Crippen LogP contribution in [0.2, 0.25) is 0 Å². The van der Waals surface area contributed by atoms with E-state index in [0.29, 0.717) is 23.7 Å². The average Bonchev–Trinajstić information content (AvgIpc) is 2.65. The number of benzene rings is 1. The smallest absolute Gasteiger partial charge is 0.272 e. The first-order valence-electron chi connectivity index (χ1n) is 8.59. The van der Waals surface area contributed by atoms with E-state index in [-0.39, 0.29) is 19.0 Å². The summed E-state index contributed by atoms with van der Waals surface area (Å²) in [4.78, 5) is 18.5. The first-order chi connectivity index (χ1) is 12.3. The second kappa shape index (κ2) is 7.17. The molecule has 0 saturated carbocycles. The van der Waals surface area contributed by atoms with Crippen molar-refractivity contribution in [1.29, 1.82) is 0 Å². The molecule has 1 aliphatic rings. The van der Waals surface area contributed by atoms with Gasteiger partial charge in [0.2, 0.25) is 10.0 Å². The summed E-state index contributed by atoms with van der Waals surface area (Å²) in [6, 6.07) is 8.84. The van der Waals surface area contributed by atoms with Gasteiger partial charge in [0.15, 0.2) is 0 Å². The lowest BCUT2D eigenvalue weighted by molar-refractivity contribution is 0.0692. The number of amides is 1. The molecule has 138 valence electrons. The van der Waals surface area contributed by atoms with Gasteiger partial charge in [0.05, 0.1) is 4.90 Å². The Bertz CT molecular complexity index is 919. The zero-order chi connectivity index (χ0) is 18.9. The maximum absolute atomic E-state index is 13.0. The Morgan fingerprint density at radius 1 is 0.962 bits per heavy atom. The van der Waals surface area contributed by atoms with Crippen LogP contribution in [0.15, 0.2) is 41.4 Å². The molecule has 0 N–H and O–H groups in total. The summed E-state index contributed by atoms with van der Waals surface area (Å²) in [6.07, 6.45) is 1.58. The van der Waals surface area contributed by atoms with Crippen LogP contribution in [0, 0.1) is 20.8 Å². The summed E-state index contributed by atoms with van der Waals surface area (Å²) < 4.78 is 27.5. The third-order valence-electron chi connectivity index (χ3n) is 4.82. The Kier molecular flexibility index (Phi) is 5.11. The van der Waals surface area contributed by atoms with Crippen LogP contribution in [0.25, 0.3) is 0 Å². The third kappa shape index (κ3) is 3.50. The monoisotopic (exact) mass is 373 g/mol. The molecule has 0 bridgehead atoms. The summed E-state index contributed by atoms with van der Waals surface area (Å²) in [6.45, 7) is 7.00. The predicted molar refractivity (Wildman–Crippen MR) is 99.6 cm³/mol. The molecule has 1 saturated heterocycles. The lowest BCUT2D eigenvalue weighted by Gasteiger charge is -2.34. The van der Waals surface area contributed by atoms with Crippen molar-refractivity contribution >= 4 is 15.9 Å². The Labute approximate surface area is 154 Å². The lowest BCUT2D eigenvalue weighted by atomic mass is 10.1. The number of aryl methyl sites for hydroxylation is 3. The Hall–Kier alpha value is -2.25. The number of carbonyl (C=O) groups excluding carboxylic acids is 1. The number of nitrogens with zero attached hydrogens (tertiary/aromatic N) is 3. The fourth-order valence-electron chi connectivity index (χ4n) is 3.13. The van der Waals surface area contributed by atoms with Crippen LogP contribution < -0.4 is 0 Å². The number of carbonyl (C=O) groups is 1. The standard InChI is InChI=1S/C19H23N3O3S/c1-14-12-16(3)18(13-15(14)2)26(24,25)22-10-8-21(9-11-22)19(23)17-6-4-5-7-20-17/h4-7,12-13H,8-11H2,1-3H3. The van der Waals surface area contributed by atoms with Gasteiger partial charge in [-0.1, -0.05) is 12.1 Å². The molecule has 0 atom stereocenters. The number of hydrogen-bond donors (Lipinski definition) is 0. The molecule has 6 nitrogen and oxygen atoms in total. The van der Waals surface area contributed by atoms with E-state index in [4.69, 9.17) is 0 Å². The molecule has 1 amide bonds. The molecule has 0 spiro atoms. The summed E-state index contributed by atoms with van der Waals surface area (Å²) in [5, 5.41) is 0. The number of rotatable bonds is 3. The molecule has 2 heterocycles. The van der Waals surface area contributed by atoms with Gasteiger partial charge in [-0.3, -0.25) is 9.78 Å². The number of aromatic nitrogens is 1. The second-order valence-electron chi connectivity index (χ2n) is 6.61. The van der Waals surface area contributed by atoms with Crippen molar-refractivity contribution in [3.63, 3.8) is 0 Å². The number of hydrogen-bond acceptors (Lipinski definition) is 4. The van der Waals surface area contributed by atoms with E-state index in [1.807, 2.05) is 26.8 Å². The quantitative estimate of drug-likeness (QED) is 0.827. The zero-order valence-electron chi connectivity index (χ0n) is 15.3. The molecule has 3 rings (SSSR count). The van der Waals surface area contributed by atoms with E-state index in [1.165, 1.54) is 4.31 Å². The highest BCUT2D eigenvalue weighted by Crippen LogP contribution is 2.24. The maximum atomic E-state index is 13.0. The molecule has 0 aliphatic carbocycles. The maximum Gasteiger partial charge on any atom is 0.272 e. The molecule has 1 aliphatic heterocycles. The average molecular weight is 373 g/mol. The van der Waals surface area contributed by atoms with Crippen molar-refractivity contribution in [2.75, 3.05) is 26.2 Å². The van der Waals surface area contributed by atoms with Crippen molar-refractivity contribution in [2.45, 2.75) is 25.7 Å². The van der Waals surface area contributed by atoms with E-state index in [9.17, 15) is 13.2 Å². The first kappa shape index (κ1) is 18.5. The minimum Gasteiger partial charge on any atom is -0.335 e. The zero-order valence-corrected chi connectivity index (χ0v) is 16.1. The van der Waals surface area contributed by atoms with Crippen molar-refractivity contribution in [3.8, 4) is 0 Å². The molecular weight excluding hydrogens is 350 g/mol. The fraction of sp³-hybridized carbons (Fsp3) is 0.368. The van der Waals surface area contributed by atoms with Crippen LogP contribution in [0.3, 0.4) is 0 Å². The van der Waals surface area contributed by atoms with Crippen LogP contribution in [-0.4, -0.2) is 54.7 Å². The largest absolute Gasteiger partial charge is 0.335 e. The minimum absolute atomic E-state index is 0.162. The highest BCUT2D eigenvalue weighted by molar-refractivity contribution is 7.89. The van der Waals surface area contributed by atoms with Gasteiger partial charge < -0.3 is 4.90 Å². The number of pyridine rings is 1. The van der Waals surface area contributed by atoms with Gasteiger partial charge in [0.1, 0.15) is 5.69 Å². The highest BCUT2D eigenvalue weighted by Gasteiger charge is 2.31. The summed E-state index contributed by atoms with van der Waals surface area (Å²) in [5.74, 6) is -0.162. The van der Waals surface area contributed by atoms with Crippen molar-refractivity contribution in [2.24, 2.45) is 0 Å². The van der Waals surface area contributed by atoms with Crippen LogP contribution in [0.4, 0.5) is 0 Å². The van der Waals surface area contributed by atoms with Crippen LogP contribution >= 0.6 is 0 Å². The topological polar surface area (TPSA) is 70.6 Å². The van der Waals surface area contributed by atoms with Crippen LogP contribution in [-0.2, 0) is 10.0 Å². The molecule has 0 radical (unpaired) electrons. The molecule has 26 heavy (non-hydrogen) atoms. The Morgan fingerprint density at radius 3 is 2.23 bits per heavy atom. The van der Waals surface area contributed by atoms with E-state index in [0.717, 1.165) is 16.7 Å². The molecule has 1 aromatic heterocycles. The van der Waals surface area contributed by atoms with Gasteiger partial charge in [0, 0.05) is 32.4 Å². The second-order valence-corrected chi connectivity index (χ2v) is 8.52. The van der Waals surface area contributed by atoms with Crippen molar-refractivity contribution in [1.82, 2.24) is 14.2 Å². The molecule has 2 aromatic rings. The lowest BCUT2D eigenvalue weighted by Crippen LogP contribution is -2.50.